The molecule has 110 valence electrons. The second-order valence-electron chi connectivity index (χ2n) is 5.11. The van der Waals surface area contributed by atoms with E-state index in [1.165, 1.54) is 0 Å². The molecule has 6 nitrogen and oxygen atoms in total. The number of carbonyl (C=O) groups is 1. The monoisotopic (exact) mass is 286 g/mol. The number of ether oxygens (including phenoxy) is 1. The van der Waals surface area contributed by atoms with Crippen LogP contribution in [0.2, 0.25) is 0 Å². The predicted molar refractivity (Wildman–Crippen MR) is 80.2 cm³/mol. The number of amides is 1. The largest absolute Gasteiger partial charge is 0.481 e. The minimum Gasteiger partial charge on any atom is -0.481 e. The van der Waals surface area contributed by atoms with Crippen molar-refractivity contribution in [3.8, 4) is 0 Å². The van der Waals surface area contributed by atoms with E-state index in [-0.39, 0.29) is 17.9 Å². The fraction of sp³-hybridized carbons (Fsp3) is 0.400. The fourth-order valence-corrected chi connectivity index (χ4v) is 2.74. The number of nitrogens with one attached hydrogen (secondary N) is 1. The molecule has 0 spiro atoms. The van der Waals surface area contributed by atoms with E-state index in [0.29, 0.717) is 23.8 Å². The minimum atomic E-state index is -0.175. The van der Waals surface area contributed by atoms with E-state index in [1.807, 2.05) is 24.8 Å². The number of methoxy groups -OCH3 is 1. The molecule has 0 fully saturated rings. The van der Waals surface area contributed by atoms with Crippen molar-refractivity contribution in [2.75, 3.05) is 18.6 Å². The Morgan fingerprint density at radius 2 is 2.29 bits per heavy atom. The topological polar surface area (TPSA) is 66.8 Å². The van der Waals surface area contributed by atoms with Crippen molar-refractivity contribution in [1.82, 2.24) is 10.3 Å². The molecular formula is C15H18N4O2. The first-order valence-corrected chi connectivity index (χ1v) is 7.03. The maximum atomic E-state index is 12.4. The number of aromatic nitrogens is 1. The van der Waals surface area contributed by atoms with Gasteiger partial charge in [0.1, 0.15) is 11.7 Å². The second kappa shape index (κ2) is 5.20. The summed E-state index contributed by atoms with van der Waals surface area (Å²) in [5.41, 5.74) is 0.572. The normalized spacial score (nSPS) is 24.1. The number of aliphatic imine (C=N–C) groups is 1. The van der Waals surface area contributed by atoms with E-state index in [0.717, 1.165) is 5.84 Å². The van der Waals surface area contributed by atoms with Crippen LogP contribution in [0.1, 0.15) is 24.2 Å². The molecule has 6 heteroatoms. The Labute approximate surface area is 123 Å². The summed E-state index contributed by atoms with van der Waals surface area (Å²) in [5.74, 6) is 1.96. The SMILES string of the molecule is CCN1C2=NC(OC)=CC(C)C2NC(=O)c2cccnc21. The van der Waals surface area contributed by atoms with Crippen LogP contribution < -0.4 is 10.2 Å². The van der Waals surface area contributed by atoms with Gasteiger partial charge in [-0.3, -0.25) is 4.79 Å². The zero-order chi connectivity index (χ0) is 15.0. The Bertz CT molecular complexity index is 638. The third-order valence-corrected chi connectivity index (χ3v) is 3.81. The van der Waals surface area contributed by atoms with Crippen molar-refractivity contribution in [3.63, 3.8) is 0 Å². The Balaban J connectivity index is 2.16. The Hall–Kier alpha value is -2.37. The highest BCUT2D eigenvalue weighted by atomic mass is 16.5. The lowest BCUT2D eigenvalue weighted by Crippen LogP contribution is -2.50. The zero-order valence-electron chi connectivity index (χ0n) is 12.3. The summed E-state index contributed by atoms with van der Waals surface area (Å²) < 4.78 is 5.27. The van der Waals surface area contributed by atoms with Gasteiger partial charge in [-0.2, -0.15) is 4.99 Å². The van der Waals surface area contributed by atoms with E-state index in [2.05, 4.69) is 15.3 Å². The zero-order valence-corrected chi connectivity index (χ0v) is 12.3. The summed E-state index contributed by atoms with van der Waals surface area (Å²) in [5, 5.41) is 3.04. The Morgan fingerprint density at radius 1 is 1.48 bits per heavy atom. The van der Waals surface area contributed by atoms with Gasteiger partial charge in [-0.15, -0.1) is 0 Å². The molecule has 0 saturated carbocycles. The number of anilines is 1. The van der Waals surface area contributed by atoms with Crippen LogP contribution in [0.15, 0.2) is 35.3 Å². The van der Waals surface area contributed by atoms with Crippen LogP contribution in [0.3, 0.4) is 0 Å². The molecular weight excluding hydrogens is 268 g/mol. The van der Waals surface area contributed by atoms with Crippen LogP contribution in [-0.2, 0) is 4.74 Å². The number of hydrogen-bond donors (Lipinski definition) is 1. The van der Waals surface area contributed by atoms with E-state index in [9.17, 15) is 4.79 Å². The quantitative estimate of drug-likeness (QED) is 0.896. The van der Waals surface area contributed by atoms with Gasteiger partial charge in [-0.1, -0.05) is 6.92 Å². The lowest BCUT2D eigenvalue weighted by molar-refractivity contribution is 0.0942. The van der Waals surface area contributed by atoms with Crippen LogP contribution in [0.25, 0.3) is 0 Å². The van der Waals surface area contributed by atoms with Crippen molar-refractivity contribution in [2.45, 2.75) is 19.9 Å². The van der Waals surface area contributed by atoms with Gasteiger partial charge in [0.2, 0.25) is 5.88 Å². The molecule has 0 saturated heterocycles. The Morgan fingerprint density at radius 3 is 3.00 bits per heavy atom. The van der Waals surface area contributed by atoms with E-state index in [4.69, 9.17) is 4.74 Å². The molecule has 1 aromatic rings. The summed E-state index contributed by atoms with van der Waals surface area (Å²) >= 11 is 0. The average Bonchev–Trinajstić information content (AvgIpc) is 2.62. The van der Waals surface area contributed by atoms with Crippen LogP contribution in [0.5, 0.6) is 0 Å². The van der Waals surface area contributed by atoms with E-state index < -0.39 is 0 Å². The van der Waals surface area contributed by atoms with E-state index >= 15 is 0 Å². The van der Waals surface area contributed by atoms with Crippen molar-refractivity contribution >= 4 is 17.6 Å². The number of amidine groups is 1. The van der Waals surface area contributed by atoms with Crippen LogP contribution in [0.4, 0.5) is 5.82 Å². The number of fused-ring (bicyclic) bond motifs is 2. The maximum Gasteiger partial charge on any atom is 0.255 e. The van der Waals surface area contributed by atoms with Crippen LogP contribution in [0, 0.1) is 5.92 Å². The number of pyridine rings is 1. The third-order valence-electron chi connectivity index (χ3n) is 3.81. The molecule has 2 aliphatic rings. The summed E-state index contributed by atoms with van der Waals surface area (Å²) in [6.45, 7) is 4.73. The summed E-state index contributed by atoms with van der Waals surface area (Å²) in [6.07, 6.45) is 3.61. The second-order valence-corrected chi connectivity index (χ2v) is 5.11. The van der Waals surface area contributed by atoms with Gasteiger partial charge >= 0.3 is 0 Å². The van der Waals surface area contributed by atoms with Crippen molar-refractivity contribution < 1.29 is 9.53 Å². The highest BCUT2D eigenvalue weighted by molar-refractivity contribution is 6.12. The van der Waals surface area contributed by atoms with Crippen molar-refractivity contribution in [3.05, 3.63) is 35.9 Å². The maximum absolute atomic E-state index is 12.4. The summed E-state index contributed by atoms with van der Waals surface area (Å²) in [4.78, 5) is 23.3. The highest BCUT2D eigenvalue weighted by Crippen LogP contribution is 2.28. The number of nitrogens with zero attached hydrogens (tertiary/aromatic N) is 3. The lowest BCUT2D eigenvalue weighted by atomic mass is 9.98. The smallest absolute Gasteiger partial charge is 0.255 e. The molecule has 3 heterocycles. The lowest BCUT2D eigenvalue weighted by Gasteiger charge is -2.32. The Kier molecular flexibility index (Phi) is 3.37. The molecule has 2 aliphatic heterocycles. The van der Waals surface area contributed by atoms with Gasteiger partial charge in [0, 0.05) is 18.7 Å². The van der Waals surface area contributed by atoms with Crippen molar-refractivity contribution in [1.29, 1.82) is 0 Å². The molecule has 21 heavy (non-hydrogen) atoms. The molecule has 2 unspecified atom stereocenters. The van der Waals surface area contributed by atoms with Crippen molar-refractivity contribution in [2.24, 2.45) is 10.9 Å². The first-order valence-electron chi connectivity index (χ1n) is 7.03. The highest BCUT2D eigenvalue weighted by Gasteiger charge is 2.37. The van der Waals surface area contributed by atoms with Gasteiger partial charge in [-0.25, -0.2) is 4.98 Å². The fourth-order valence-electron chi connectivity index (χ4n) is 2.74. The molecule has 0 radical (unpaired) electrons. The van der Waals surface area contributed by atoms with Crippen LogP contribution in [-0.4, -0.2) is 36.4 Å². The standard InChI is InChI=1S/C15H18N4O2/c1-4-19-13-10(6-5-7-16-13)15(20)18-12-9(2)8-11(21-3)17-14(12)19/h5-9,12H,4H2,1-3H3,(H,18,20). The number of rotatable bonds is 2. The van der Waals surface area contributed by atoms with Gasteiger partial charge in [0.25, 0.3) is 5.91 Å². The summed E-state index contributed by atoms with van der Waals surface area (Å²) in [6, 6.07) is 3.38. The molecule has 2 atom stereocenters. The molecule has 1 amide bonds. The van der Waals surface area contributed by atoms with Gasteiger partial charge < -0.3 is 15.0 Å². The molecule has 0 aromatic carbocycles. The van der Waals surface area contributed by atoms with Gasteiger partial charge in [-0.05, 0) is 25.1 Å². The van der Waals surface area contributed by atoms with E-state index in [1.54, 1.807) is 25.4 Å². The minimum absolute atomic E-state index is 0.0970. The molecule has 1 N–H and O–H groups in total. The van der Waals surface area contributed by atoms with Crippen LogP contribution >= 0.6 is 0 Å². The molecule has 0 bridgehead atoms. The first-order chi connectivity index (χ1) is 10.2. The van der Waals surface area contributed by atoms with Gasteiger partial charge in [0.05, 0.1) is 18.7 Å². The molecule has 1 aromatic heterocycles. The number of carbonyl (C=O) groups excluding carboxylic acids is 1. The first kappa shape index (κ1) is 13.6. The summed E-state index contributed by atoms with van der Waals surface area (Å²) in [7, 11) is 1.60. The average molecular weight is 286 g/mol. The third kappa shape index (κ3) is 2.16. The van der Waals surface area contributed by atoms with Gasteiger partial charge in [0.15, 0.2) is 0 Å². The predicted octanol–water partition coefficient (Wildman–Crippen LogP) is 1.56. The molecule has 3 rings (SSSR count). The number of likely N-dealkylation sites (N-methyl/N-ethyl adjacent to an activating group) is 1. The number of hydrogen-bond acceptors (Lipinski definition) is 5. The molecule has 0 aliphatic carbocycles.